The largest absolute Gasteiger partial charge is 0.335 e. The van der Waals surface area contributed by atoms with Gasteiger partial charge in [0, 0.05) is 25.1 Å². The molecule has 0 radical (unpaired) electrons. The highest BCUT2D eigenvalue weighted by atomic mass is 16.5. The molecule has 1 rings (SSSR count). The molecule has 0 aliphatic carbocycles. The van der Waals surface area contributed by atoms with Crippen LogP contribution in [0, 0.1) is 0 Å². The van der Waals surface area contributed by atoms with Gasteiger partial charge >= 0.3 is 0 Å². The van der Waals surface area contributed by atoms with Crippen molar-refractivity contribution in [1.82, 2.24) is 10.4 Å². The number of rotatable bonds is 5. The van der Waals surface area contributed by atoms with Crippen LogP contribution in [0.25, 0.3) is 0 Å². The van der Waals surface area contributed by atoms with Crippen molar-refractivity contribution in [3.63, 3.8) is 0 Å². The number of amides is 2. The van der Waals surface area contributed by atoms with Gasteiger partial charge in [-0.1, -0.05) is 13.0 Å². The maximum absolute atomic E-state index is 11.7. The Labute approximate surface area is 88.7 Å². The quantitative estimate of drug-likeness (QED) is 0.513. The molecular formula is C10H16N2O3. The summed E-state index contributed by atoms with van der Waals surface area (Å²) in [4.78, 5) is 24.2. The van der Waals surface area contributed by atoms with Gasteiger partial charge in [-0.2, -0.15) is 0 Å². The molecule has 15 heavy (non-hydrogen) atoms. The Balaban J connectivity index is 2.39. The van der Waals surface area contributed by atoms with Crippen molar-refractivity contribution in [2.45, 2.75) is 26.2 Å². The lowest BCUT2D eigenvalue weighted by Gasteiger charge is -2.14. The molecule has 0 unspecified atom stereocenters. The molecule has 2 N–H and O–H groups in total. The van der Waals surface area contributed by atoms with E-state index in [1.807, 2.05) is 13.0 Å². The van der Waals surface area contributed by atoms with Crippen LogP contribution in [0.3, 0.4) is 0 Å². The Morgan fingerprint density at radius 3 is 3.00 bits per heavy atom. The minimum absolute atomic E-state index is 0.0163. The van der Waals surface area contributed by atoms with E-state index in [2.05, 4.69) is 0 Å². The maximum atomic E-state index is 11.7. The van der Waals surface area contributed by atoms with Crippen molar-refractivity contribution in [3.05, 3.63) is 11.6 Å². The SMILES string of the molecule is CCCN1CC=C(CCC(=O)NO)C1=O. The third-order valence-electron chi connectivity index (χ3n) is 2.36. The summed E-state index contributed by atoms with van der Waals surface area (Å²) >= 11 is 0. The molecule has 5 nitrogen and oxygen atoms in total. The summed E-state index contributed by atoms with van der Waals surface area (Å²) < 4.78 is 0. The number of nitrogens with zero attached hydrogens (tertiary/aromatic N) is 1. The molecule has 0 bridgehead atoms. The molecule has 1 aliphatic heterocycles. The Morgan fingerprint density at radius 2 is 2.40 bits per heavy atom. The van der Waals surface area contributed by atoms with E-state index in [0.717, 1.165) is 13.0 Å². The number of hydroxylamine groups is 1. The van der Waals surface area contributed by atoms with Crippen molar-refractivity contribution in [3.8, 4) is 0 Å². The van der Waals surface area contributed by atoms with E-state index in [0.29, 0.717) is 18.5 Å². The van der Waals surface area contributed by atoms with Gasteiger partial charge in [-0.25, -0.2) is 5.48 Å². The minimum atomic E-state index is -0.461. The molecule has 0 saturated heterocycles. The Morgan fingerprint density at radius 1 is 1.67 bits per heavy atom. The zero-order valence-corrected chi connectivity index (χ0v) is 8.82. The smallest absolute Gasteiger partial charge is 0.249 e. The highest BCUT2D eigenvalue weighted by Crippen LogP contribution is 2.16. The van der Waals surface area contributed by atoms with Gasteiger partial charge < -0.3 is 4.90 Å². The molecule has 0 atom stereocenters. The monoisotopic (exact) mass is 212 g/mol. The average Bonchev–Trinajstić information content (AvgIpc) is 2.58. The van der Waals surface area contributed by atoms with E-state index in [1.54, 1.807) is 10.4 Å². The summed E-state index contributed by atoms with van der Waals surface area (Å²) in [6.45, 7) is 3.41. The summed E-state index contributed by atoms with van der Waals surface area (Å²) in [5, 5.41) is 8.30. The first-order valence-electron chi connectivity index (χ1n) is 5.10. The van der Waals surface area contributed by atoms with Gasteiger partial charge in [-0.15, -0.1) is 0 Å². The number of carbonyl (C=O) groups is 2. The Hall–Kier alpha value is -1.36. The van der Waals surface area contributed by atoms with E-state index >= 15 is 0 Å². The van der Waals surface area contributed by atoms with Crippen molar-refractivity contribution in [2.75, 3.05) is 13.1 Å². The van der Waals surface area contributed by atoms with E-state index in [4.69, 9.17) is 5.21 Å². The first-order chi connectivity index (χ1) is 7.19. The van der Waals surface area contributed by atoms with Crippen molar-refractivity contribution >= 4 is 11.8 Å². The van der Waals surface area contributed by atoms with Crippen LogP contribution in [-0.4, -0.2) is 35.0 Å². The van der Waals surface area contributed by atoms with E-state index in [9.17, 15) is 9.59 Å². The summed E-state index contributed by atoms with van der Waals surface area (Å²) in [6, 6.07) is 0. The van der Waals surface area contributed by atoms with Crippen LogP contribution in [0.15, 0.2) is 11.6 Å². The van der Waals surface area contributed by atoms with Gasteiger partial charge in [0.05, 0.1) is 0 Å². The van der Waals surface area contributed by atoms with Crippen molar-refractivity contribution in [1.29, 1.82) is 0 Å². The molecule has 0 aromatic carbocycles. The molecule has 0 aromatic rings. The van der Waals surface area contributed by atoms with Crippen molar-refractivity contribution < 1.29 is 14.8 Å². The van der Waals surface area contributed by atoms with Gasteiger partial charge in [0.2, 0.25) is 11.8 Å². The first-order valence-corrected chi connectivity index (χ1v) is 5.10. The molecule has 84 valence electrons. The standard InChI is InChI=1S/C10H16N2O3/c1-2-6-12-7-5-8(10(12)14)3-4-9(13)11-15/h5,15H,2-4,6-7H2,1H3,(H,11,13). The predicted molar refractivity (Wildman–Crippen MR) is 54.1 cm³/mol. The molecule has 2 amide bonds. The van der Waals surface area contributed by atoms with Gasteiger partial charge in [-0.05, 0) is 12.8 Å². The number of nitrogens with one attached hydrogen (secondary N) is 1. The van der Waals surface area contributed by atoms with Crippen LogP contribution in [-0.2, 0) is 9.59 Å². The lowest BCUT2D eigenvalue weighted by molar-refractivity contribution is -0.129. The topological polar surface area (TPSA) is 69.6 Å². The fourth-order valence-corrected chi connectivity index (χ4v) is 1.57. The molecule has 0 spiro atoms. The third kappa shape index (κ3) is 3.06. The molecule has 1 heterocycles. The van der Waals surface area contributed by atoms with Gasteiger partial charge in [0.15, 0.2) is 0 Å². The molecule has 5 heteroatoms. The van der Waals surface area contributed by atoms with Crippen molar-refractivity contribution in [2.24, 2.45) is 0 Å². The van der Waals surface area contributed by atoms with Gasteiger partial charge in [0.25, 0.3) is 0 Å². The zero-order chi connectivity index (χ0) is 11.3. The lowest BCUT2D eigenvalue weighted by Crippen LogP contribution is -2.28. The predicted octanol–water partition coefficient (Wildman–Crippen LogP) is 0.451. The van der Waals surface area contributed by atoms with Crippen LogP contribution in [0.1, 0.15) is 26.2 Å². The molecule has 0 aromatic heterocycles. The second-order valence-electron chi connectivity index (χ2n) is 3.52. The summed E-state index contributed by atoms with van der Waals surface area (Å²) in [7, 11) is 0. The molecule has 0 fully saturated rings. The fourth-order valence-electron chi connectivity index (χ4n) is 1.57. The fraction of sp³-hybridized carbons (Fsp3) is 0.600. The second kappa shape index (κ2) is 5.50. The highest BCUT2D eigenvalue weighted by molar-refractivity contribution is 5.96. The molecule has 0 saturated carbocycles. The highest BCUT2D eigenvalue weighted by Gasteiger charge is 2.22. The summed E-state index contributed by atoms with van der Waals surface area (Å²) in [5.74, 6) is -0.444. The minimum Gasteiger partial charge on any atom is -0.335 e. The second-order valence-corrected chi connectivity index (χ2v) is 3.52. The average molecular weight is 212 g/mol. The van der Waals surface area contributed by atoms with Gasteiger partial charge in [-0.3, -0.25) is 14.8 Å². The van der Waals surface area contributed by atoms with Crippen LogP contribution < -0.4 is 5.48 Å². The molecule has 1 aliphatic rings. The third-order valence-corrected chi connectivity index (χ3v) is 2.36. The van der Waals surface area contributed by atoms with E-state index in [1.165, 1.54) is 0 Å². The maximum Gasteiger partial charge on any atom is 0.249 e. The van der Waals surface area contributed by atoms with Crippen LogP contribution >= 0.6 is 0 Å². The zero-order valence-electron chi connectivity index (χ0n) is 8.82. The van der Waals surface area contributed by atoms with E-state index in [-0.39, 0.29) is 12.3 Å². The van der Waals surface area contributed by atoms with Crippen LogP contribution in [0.5, 0.6) is 0 Å². The Bertz CT molecular complexity index is 286. The normalized spacial score (nSPS) is 15.5. The number of carbonyl (C=O) groups excluding carboxylic acids is 2. The first kappa shape index (κ1) is 11.7. The number of hydrogen-bond donors (Lipinski definition) is 2. The Kier molecular flexibility index (Phi) is 4.30. The lowest BCUT2D eigenvalue weighted by atomic mass is 10.1. The summed E-state index contributed by atoms with van der Waals surface area (Å²) in [5.41, 5.74) is 2.22. The van der Waals surface area contributed by atoms with E-state index < -0.39 is 5.91 Å². The molecular weight excluding hydrogens is 196 g/mol. The number of hydrogen-bond acceptors (Lipinski definition) is 3. The van der Waals surface area contributed by atoms with Gasteiger partial charge in [0.1, 0.15) is 0 Å². The van der Waals surface area contributed by atoms with Crippen LogP contribution in [0.4, 0.5) is 0 Å². The van der Waals surface area contributed by atoms with Crippen LogP contribution in [0.2, 0.25) is 0 Å². The summed E-state index contributed by atoms with van der Waals surface area (Å²) in [6.07, 6.45) is 3.33.